The van der Waals surface area contributed by atoms with Crippen LogP contribution in [-0.4, -0.2) is 30.3 Å². The van der Waals surface area contributed by atoms with E-state index in [1.54, 1.807) is 0 Å². The van der Waals surface area contributed by atoms with E-state index < -0.39 is 0 Å². The summed E-state index contributed by atoms with van der Waals surface area (Å²) >= 11 is 4.45. The van der Waals surface area contributed by atoms with Crippen LogP contribution in [-0.2, 0) is 0 Å². The Bertz CT molecular complexity index is 342. The zero-order valence-corrected chi connectivity index (χ0v) is 22.1. The number of nitrogens with zero attached hydrogens (tertiary/aromatic N) is 1. The van der Waals surface area contributed by atoms with Crippen molar-refractivity contribution in [2.24, 2.45) is 0 Å². The second-order valence-electron chi connectivity index (χ2n) is 9.43. The van der Waals surface area contributed by atoms with E-state index >= 15 is 0 Å². The smallest absolute Gasteiger partial charge is 0.00925 e. The minimum Gasteiger partial charge on any atom is -0.303 e. The monoisotopic (exact) mass is 439 g/mol. The second kappa shape index (κ2) is 25.3. The minimum atomic E-state index is 0.781. The van der Waals surface area contributed by atoms with Crippen molar-refractivity contribution >= 4 is 12.6 Å². The van der Waals surface area contributed by atoms with Crippen molar-refractivity contribution in [2.75, 3.05) is 19.3 Å². The molecule has 0 radical (unpaired) electrons. The van der Waals surface area contributed by atoms with Crippen LogP contribution < -0.4 is 0 Å². The van der Waals surface area contributed by atoms with Crippen LogP contribution in [0.4, 0.5) is 0 Å². The van der Waals surface area contributed by atoms with E-state index in [9.17, 15) is 0 Å². The van der Waals surface area contributed by atoms with Crippen molar-refractivity contribution in [3.63, 3.8) is 0 Å². The van der Waals surface area contributed by atoms with Crippen molar-refractivity contribution < 1.29 is 0 Å². The quantitative estimate of drug-likeness (QED) is 0.0889. The van der Waals surface area contributed by atoms with Crippen molar-refractivity contribution in [2.45, 2.75) is 148 Å². The van der Waals surface area contributed by atoms with E-state index in [-0.39, 0.29) is 0 Å². The zero-order valence-electron chi connectivity index (χ0n) is 21.2. The van der Waals surface area contributed by atoms with Gasteiger partial charge < -0.3 is 4.90 Å². The van der Waals surface area contributed by atoms with Gasteiger partial charge in [0, 0.05) is 18.3 Å². The van der Waals surface area contributed by atoms with E-state index in [2.05, 4.69) is 50.6 Å². The molecule has 0 bridgehead atoms. The number of allylic oxidation sites excluding steroid dienone is 2. The molecule has 2 heteroatoms. The van der Waals surface area contributed by atoms with Gasteiger partial charge >= 0.3 is 0 Å². The molecule has 0 N–H and O–H groups in total. The van der Waals surface area contributed by atoms with Gasteiger partial charge in [0.05, 0.1) is 0 Å². The maximum absolute atomic E-state index is 4.45. The Kier molecular flexibility index (Phi) is 25.4. The molecule has 0 amide bonds. The van der Waals surface area contributed by atoms with Gasteiger partial charge in [-0.15, -0.1) is 0 Å². The van der Waals surface area contributed by atoms with Crippen LogP contribution in [0.1, 0.15) is 142 Å². The van der Waals surface area contributed by atoms with Gasteiger partial charge in [-0.1, -0.05) is 116 Å². The SMILES string of the molecule is CCCCCCCC/C=C\CCCCCCC[C@H](CCCCCCC)N(C)CCS. The highest BCUT2D eigenvalue weighted by molar-refractivity contribution is 7.80. The Balaban J connectivity index is 3.62. The van der Waals surface area contributed by atoms with Crippen LogP contribution in [0.5, 0.6) is 0 Å². The highest BCUT2D eigenvalue weighted by Gasteiger charge is 2.13. The molecule has 1 nitrogen and oxygen atoms in total. The molecular weight excluding hydrogens is 382 g/mol. The van der Waals surface area contributed by atoms with Gasteiger partial charge in [-0.2, -0.15) is 12.6 Å². The van der Waals surface area contributed by atoms with Crippen LogP contribution in [0.3, 0.4) is 0 Å². The molecule has 0 saturated carbocycles. The number of thiol groups is 1. The molecule has 0 aliphatic carbocycles. The number of hydrogen-bond acceptors (Lipinski definition) is 2. The van der Waals surface area contributed by atoms with E-state index in [1.807, 2.05) is 0 Å². The lowest BCUT2D eigenvalue weighted by atomic mass is 9.99. The first-order chi connectivity index (χ1) is 14.8. The van der Waals surface area contributed by atoms with Gasteiger partial charge in [-0.3, -0.25) is 0 Å². The van der Waals surface area contributed by atoms with E-state index in [1.165, 1.54) is 128 Å². The van der Waals surface area contributed by atoms with Crippen LogP contribution in [0, 0.1) is 0 Å². The van der Waals surface area contributed by atoms with Crippen LogP contribution in [0.15, 0.2) is 12.2 Å². The third kappa shape index (κ3) is 21.3. The summed E-state index contributed by atoms with van der Waals surface area (Å²) < 4.78 is 0. The molecule has 0 aliphatic heterocycles. The van der Waals surface area contributed by atoms with Crippen molar-refractivity contribution in [3.8, 4) is 0 Å². The van der Waals surface area contributed by atoms with Crippen LogP contribution in [0.25, 0.3) is 0 Å². The fraction of sp³-hybridized carbons (Fsp3) is 0.929. The summed E-state index contributed by atoms with van der Waals surface area (Å²) in [4.78, 5) is 2.57. The highest BCUT2D eigenvalue weighted by atomic mass is 32.1. The number of unbranched alkanes of at least 4 members (excludes halogenated alkanes) is 15. The summed E-state index contributed by atoms with van der Waals surface area (Å²) in [5.41, 5.74) is 0. The highest BCUT2D eigenvalue weighted by Crippen LogP contribution is 2.18. The van der Waals surface area contributed by atoms with Gasteiger partial charge in [0.2, 0.25) is 0 Å². The lowest BCUT2D eigenvalue weighted by molar-refractivity contribution is 0.221. The van der Waals surface area contributed by atoms with Crippen molar-refractivity contribution in [1.82, 2.24) is 4.90 Å². The first-order valence-corrected chi connectivity index (χ1v) is 14.4. The van der Waals surface area contributed by atoms with Gasteiger partial charge in [0.1, 0.15) is 0 Å². The molecule has 0 fully saturated rings. The second-order valence-corrected chi connectivity index (χ2v) is 9.88. The predicted octanol–water partition coefficient (Wildman–Crippen LogP) is 9.61. The average molecular weight is 440 g/mol. The molecule has 0 heterocycles. The van der Waals surface area contributed by atoms with Gasteiger partial charge in [-0.25, -0.2) is 0 Å². The Morgan fingerprint density at radius 3 is 1.43 bits per heavy atom. The van der Waals surface area contributed by atoms with Gasteiger partial charge in [0.15, 0.2) is 0 Å². The first kappa shape index (κ1) is 30.0. The maximum Gasteiger partial charge on any atom is 0.00925 e. The topological polar surface area (TPSA) is 3.24 Å². The zero-order chi connectivity index (χ0) is 22.1. The lowest BCUT2D eigenvalue weighted by Crippen LogP contribution is -2.33. The molecule has 0 aromatic rings. The summed E-state index contributed by atoms with van der Waals surface area (Å²) in [5, 5.41) is 0. The molecule has 0 unspecified atom stereocenters. The molecule has 30 heavy (non-hydrogen) atoms. The standard InChI is InChI=1S/C28H57NS/c1-4-6-8-10-11-12-13-14-15-16-17-18-19-21-23-25-28(29(3)26-27-30)24-22-20-9-7-5-2/h14-15,28,30H,4-13,16-27H2,1-3H3/b15-14-/t28-/m0/s1. The number of hydrogen-bond donors (Lipinski definition) is 1. The lowest BCUT2D eigenvalue weighted by Gasteiger charge is -2.28. The fourth-order valence-electron chi connectivity index (χ4n) is 4.36. The molecule has 0 saturated heterocycles. The minimum absolute atomic E-state index is 0.781. The summed E-state index contributed by atoms with van der Waals surface area (Å²) in [6.45, 7) is 5.73. The Hall–Kier alpha value is 0.0500. The predicted molar refractivity (Wildman–Crippen MR) is 143 cm³/mol. The Labute approximate surface area is 197 Å². The Morgan fingerprint density at radius 1 is 0.600 bits per heavy atom. The molecule has 180 valence electrons. The summed E-state index contributed by atoms with van der Waals surface area (Å²) in [5.74, 6) is 0.981. The summed E-state index contributed by atoms with van der Waals surface area (Å²) in [7, 11) is 2.31. The molecular formula is C28H57NS. The molecule has 0 rings (SSSR count). The van der Waals surface area contributed by atoms with Crippen LogP contribution in [0.2, 0.25) is 0 Å². The molecule has 0 spiro atoms. The third-order valence-corrected chi connectivity index (χ3v) is 6.72. The molecule has 0 aromatic carbocycles. The average Bonchev–Trinajstić information content (AvgIpc) is 2.75. The van der Waals surface area contributed by atoms with E-state index in [0.29, 0.717) is 0 Å². The normalized spacial score (nSPS) is 13.0. The molecule has 0 aliphatic rings. The first-order valence-electron chi connectivity index (χ1n) is 13.7. The van der Waals surface area contributed by atoms with Gasteiger partial charge in [0.25, 0.3) is 0 Å². The largest absolute Gasteiger partial charge is 0.303 e. The number of rotatable bonds is 24. The third-order valence-electron chi connectivity index (χ3n) is 6.52. The van der Waals surface area contributed by atoms with Crippen molar-refractivity contribution in [3.05, 3.63) is 12.2 Å². The van der Waals surface area contributed by atoms with Gasteiger partial charge in [-0.05, 0) is 45.6 Å². The van der Waals surface area contributed by atoms with Crippen LogP contribution >= 0.6 is 12.6 Å². The molecule has 0 aromatic heterocycles. The van der Waals surface area contributed by atoms with E-state index in [0.717, 1.165) is 18.3 Å². The molecule has 1 atom stereocenters. The fourth-order valence-corrected chi connectivity index (χ4v) is 4.68. The summed E-state index contributed by atoms with van der Waals surface area (Å²) in [6.07, 6.45) is 32.7. The Morgan fingerprint density at radius 2 is 1.00 bits per heavy atom. The van der Waals surface area contributed by atoms with E-state index in [4.69, 9.17) is 0 Å². The summed E-state index contributed by atoms with van der Waals surface area (Å²) in [6, 6.07) is 0.781. The van der Waals surface area contributed by atoms with Crippen molar-refractivity contribution in [1.29, 1.82) is 0 Å². The maximum atomic E-state index is 4.45.